The van der Waals surface area contributed by atoms with Crippen LogP contribution in [-0.4, -0.2) is 96.7 Å². The summed E-state index contributed by atoms with van der Waals surface area (Å²) in [6.07, 6.45) is 50.1. The van der Waals surface area contributed by atoms with Crippen LogP contribution in [0.25, 0.3) is 0 Å². The highest BCUT2D eigenvalue weighted by molar-refractivity contribution is 7.47. The van der Waals surface area contributed by atoms with E-state index in [9.17, 15) is 43.2 Å². The summed E-state index contributed by atoms with van der Waals surface area (Å²) in [6.45, 7) is 14.2. The van der Waals surface area contributed by atoms with Gasteiger partial charge in [0, 0.05) is 25.7 Å². The molecule has 0 aromatic rings. The highest BCUT2D eigenvalue weighted by atomic mass is 31.2. The quantitative estimate of drug-likeness (QED) is 0.0222. The average Bonchev–Trinajstić information content (AvgIpc) is 2.06. The number of unbranched alkanes of at least 4 members (excludes halogenated alkanes) is 39. The number of rotatable bonds is 73. The minimum atomic E-state index is -4.96. The number of carbonyl (C=O) groups excluding carboxylic acids is 4. The summed E-state index contributed by atoms with van der Waals surface area (Å²) in [5.41, 5.74) is 0. The molecule has 0 aromatic carbocycles. The third-order valence-corrected chi connectivity index (χ3v) is 19.5. The molecule has 0 aliphatic carbocycles. The van der Waals surface area contributed by atoms with Crippen LogP contribution in [0.3, 0.4) is 0 Å². The molecule has 19 heteroatoms. The second-order valence-electron chi connectivity index (χ2n) is 29.3. The normalized spacial score (nSPS) is 14.1. The average molecular weight is 1400 g/mol. The Morgan fingerprint density at radius 3 is 0.653 bits per heavy atom. The van der Waals surface area contributed by atoms with E-state index in [1.54, 1.807) is 0 Å². The molecule has 0 aromatic heterocycles. The Morgan fingerprint density at radius 2 is 0.442 bits per heavy atom. The van der Waals surface area contributed by atoms with Crippen molar-refractivity contribution in [1.29, 1.82) is 0 Å². The third kappa shape index (κ3) is 70.3. The van der Waals surface area contributed by atoms with Crippen molar-refractivity contribution in [2.24, 2.45) is 23.7 Å². The van der Waals surface area contributed by atoms with E-state index in [1.165, 1.54) is 180 Å². The number of carbonyl (C=O) groups is 4. The van der Waals surface area contributed by atoms with E-state index < -0.39 is 97.5 Å². The first-order valence-electron chi connectivity index (χ1n) is 39.2. The van der Waals surface area contributed by atoms with Crippen molar-refractivity contribution in [3.8, 4) is 0 Å². The van der Waals surface area contributed by atoms with E-state index in [-0.39, 0.29) is 25.7 Å². The summed E-state index contributed by atoms with van der Waals surface area (Å²) in [5.74, 6) is 0.895. The molecular weight excluding hydrogens is 1250 g/mol. The van der Waals surface area contributed by atoms with Gasteiger partial charge in [0.05, 0.1) is 26.4 Å². The summed E-state index contributed by atoms with van der Waals surface area (Å²) in [4.78, 5) is 72.8. The van der Waals surface area contributed by atoms with E-state index in [4.69, 9.17) is 37.0 Å². The Balaban J connectivity index is 5.22. The van der Waals surface area contributed by atoms with Crippen LogP contribution in [-0.2, 0) is 65.4 Å². The molecule has 564 valence electrons. The molecule has 3 unspecified atom stereocenters. The third-order valence-electron chi connectivity index (χ3n) is 17.6. The van der Waals surface area contributed by atoms with Crippen LogP contribution >= 0.6 is 15.6 Å². The summed E-state index contributed by atoms with van der Waals surface area (Å²) in [5, 5.41) is 10.6. The second kappa shape index (κ2) is 65.4. The molecule has 0 heterocycles. The van der Waals surface area contributed by atoms with Crippen LogP contribution in [0.4, 0.5) is 0 Å². The fourth-order valence-electron chi connectivity index (χ4n) is 11.6. The van der Waals surface area contributed by atoms with Crippen LogP contribution in [0, 0.1) is 23.7 Å². The summed E-state index contributed by atoms with van der Waals surface area (Å²) in [6, 6.07) is 0. The zero-order valence-electron chi connectivity index (χ0n) is 62.3. The number of hydrogen-bond donors (Lipinski definition) is 3. The molecule has 3 N–H and O–H groups in total. The number of hydrogen-bond acceptors (Lipinski definition) is 15. The Labute approximate surface area is 581 Å². The maximum Gasteiger partial charge on any atom is 0.472 e. The minimum absolute atomic E-state index is 0.106. The molecule has 5 atom stereocenters. The number of aliphatic hydroxyl groups is 1. The molecule has 0 fully saturated rings. The van der Waals surface area contributed by atoms with E-state index in [2.05, 4.69) is 55.4 Å². The van der Waals surface area contributed by atoms with Crippen molar-refractivity contribution >= 4 is 39.5 Å². The van der Waals surface area contributed by atoms with Crippen molar-refractivity contribution in [1.82, 2.24) is 0 Å². The van der Waals surface area contributed by atoms with Gasteiger partial charge in [-0.25, -0.2) is 9.13 Å². The van der Waals surface area contributed by atoms with Gasteiger partial charge in [-0.05, 0) is 49.4 Å². The van der Waals surface area contributed by atoms with E-state index in [1.807, 2.05) is 0 Å². The topological polar surface area (TPSA) is 237 Å². The second-order valence-corrected chi connectivity index (χ2v) is 32.2. The van der Waals surface area contributed by atoms with Crippen LogP contribution in [0.15, 0.2) is 0 Å². The molecule has 0 radical (unpaired) electrons. The van der Waals surface area contributed by atoms with Gasteiger partial charge in [-0.15, -0.1) is 0 Å². The highest BCUT2D eigenvalue weighted by Gasteiger charge is 2.30. The molecule has 0 saturated heterocycles. The van der Waals surface area contributed by atoms with E-state index in [0.29, 0.717) is 31.6 Å². The van der Waals surface area contributed by atoms with Crippen LogP contribution in [0.1, 0.15) is 383 Å². The maximum atomic E-state index is 13.1. The largest absolute Gasteiger partial charge is 0.472 e. The number of ether oxygens (including phenoxy) is 4. The molecule has 0 aliphatic heterocycles. The number of phosphoric ester groups is 2. The van der Waals surface area contributed by atoms with Crippen molar-refractivity contribution in [3.05, 3.63) is 0 Å². The number of phosphoric acid groups is 2. The standard InChI is InChI=1S/C76H148O17P2/c1-66(2)52-44-36-28-22-16-12-9-10-14-19-26-32-42-50-58-75(80)93-72(63-87-74(79)57-49-41-35-34-39-47-55-69(7)8)65-91-95(84,85)89-61-70(77)60-88-94(82,83)90-64-71(92-76(81)59-51-43-33-27-21-20-24-30-38-46-54-68(5)6)62-86-73(78)56-48-40-31-25-18-15-11-13-17-23-29-37-45-53-67(3)4/h66-72,77H,9-65H2,1-8H3,(H,82,83)(H,84,85)/t70?,71-,72-/m1/s1. The SMILES string of the molecule is CC(C)CCCCCCCCCCCCCCCCC(=O)O[C@H](COC(=O)CCCCCCCCC(C)C)COP(=O)(O)OCC(O)COP(=O)(O)OC[C@@H](COC(=O)CCCCCCCCCCCCCCCC(C)C)OC(=O)CCCCCCCCCCCCC(C)C. The maximum absolute atomic E-state index is 13.1. The van der Waals surface area contributed by atoms with E-state index in [0.717, 1.165) is 114 Å². The smallest absolute Gasteiger partial charge is 0.462 e. The number of aliphatic hydroxyl groups excluding tert-OH is 1. The molecule has 0 spiro atoms. The summed E-state index contributed by atoms with van der Waals surface area (Å²) >= 11 is 0. The zero-order valence-corrected chi connectivity index (χ0v) is 64.1. The molecule has 0 amide bonds. The van der Waals surface area contributed by atoms with Crippen LogP contribution in [0.2, 0.25) is 0 Å². The Morgan fingerprint density at radius 1 is 0.263 bits per heavy atom. The molecule has 0 bridgehead atoms. The zero-order chi connectivity index (χ0) is 70.3. The lowest BCUT2D eigenvalue weighted by Gasteiger charge is -2.21. The molecule has 95 heavy (non-hydrogen) atoms. The van der Waals surface area contributed by atoms with Gasteiger partial charge in [-0.3, -0.25) is 37.3 Å². The van der Waals surface area contributed by atoms with Gasteiger partial charge in [0.1, 0.15) is 19.3 Å². The van der Waals surface area contributed by atoms with Crippen molar-refractivity contribution in [2.45, 2.75) is 401 Å². The highest BCUT2D eigenvalue weighted by Crippen LogP contribution is 2.45. The first-order chi connectivity index (χ1) is 45.6. The Kier molecular flexibility index (Phi) is 64.0. The fraction of sp³-hybridized carbons (Fsp3) is 0.947. The Bertz CT molecular complexity index is 1870. The van der Waals surface area contributed by atoms with Gasteiger partial charge in [-0.1, -0.05) is 331 Å². The monoisotopic (exact) mass is 1400 g/mol. The van der Waals surface area contributed by atoms with Gasteiger partial charge in [0.2, 0.25) is 0 Å². The van der Waals surface area contributed by atoms with Gasteiger partial charge in [0.25, 0.3) is 0 Å². The van der Waals surface area contributed by atoms with Crippen LogP contribution in [0.5, 0.6) is 0 Å². The van der Waals surface area contributed by atoms with Gasteiger partial charge in [-0.2, -0.15) is 0 Å². The predicted octanol–water partition coefficient (Wildman–Crippen LogP) is 22.0. The predicted molar refractivity (Wildman–Crippen MR) is 386 cm³/mol. The van der Waals surface area contributed by atoms with Crippen molar-refractivity contribution in [3.63, 3.8) is 0 Å². The lowest BCUT2D eigenvalue weighted by atomic mass is 10.0. The van der Waals surface area contributed by atoms with Crippen LogP contribution < -0.4 is 0 Å². The lowest BCUT2D eigenvalue weighted by Crippen LogP contribution is -2.30. The van der Waals surface area contributed by atoms with Gasteiger partial charge in [0.15, 0.2) is 12.2 Å². The molecule has 0 saturated carbocycles. The van der Waals surface area contributed by atoms with Crippen molar-refractivity contribution in [2.75, 3.05) is 39.6 Å². The molecule has 17 nitrogen and oxygen atoms in total. The molecular formula is C76H148O17P2. The first-order valence-corrected chi connectivity index (χ1v) is 42.2. The molecule has 0 rings (SSSR count). The lowest BCUT2D eigenvalue weighted by molar-refractivity contribution is -0.161. The summed E-state index contributed by atoms with van der Waals surface area (Å²) in [7, 11) is -9.91. The fourth-order valence-corrected chi connectivity index (χ4v) is 13.1. The van der Waals surface area contributed by atoms with E-state index >= 15 is 0 Å². The van der Waals surface area contributed by atoms with Crippen molar-refractivity contribution < 1.29 is 80.2 Å². The van der Waals surface area contributed by atoms with Gasteiger partial charge >= 0.3 is 39.5 Å². The first kappa shape index (κ1) is 93.1. The van der Waals surface area contributed by atoms with Gasteiger partial charge < -0.3 is 33.8 Å². The minimum Gasteiger partial charge on any atom is -0.462 e. The summed E-state index contributed by atoms with van der Waals surface area (Å²) < 4.78 is 68.5. The Hall–Kier alpha value is -1.94. The number of esters is 4. The molecule has 0 aliphatic rings.